The second-order valence-electron chi connectivity index (χ2n) is 9.75. The fourth-order valence-corrected chi connectivity index (χ4v) is 4.11. The summed E-state index contributed by atoms with van der Waals surface area (Å²) in [6, 6.07) is 1.08. The number of aryl methyl sites for hydroxylation is 1. The number of carbonyl (C=O) groups excluding carboxylic acids is 1. The maximum Gasteiger partial charge on any atom is 0.490 e. The lowest BCUT2D eigenvalue weighted by Crippen LogP contribution is -2.41. The zero-order valence-electron chi connectivity index (χ0n) is 22.5. The highest BCUT2D eigenvalue weighted by Gasteiger charge is 2.38. The number of nitrogens with one attached hydrogen (secondary N) is 2. The molecule has 3 N–H and O–H groups in total. The molecule has 234 valence electrons. The molecule has 42 heavy (non-hydrogen) atoms. The monoisotopic (exact) mass is 617 g/mol. The molecule has 0 radical (unpaired) electrons. The number of carboxylic acids is 1. The van der Waals surface area contributed by atoms with Gasteiger partial charge in [0, 0.05) is 37.9 Å². The second kappa shape index (κ2) is 13.5. The van der Waals surface area contributed by atoms with Crippen LogP contribution in [0.1, 0.15) is 47.9 Å². The Balaban J connectivity index is 0.000000782. The van der Waals surface area contributed by atoms with Gasteiger partial charge in [-0.1, -0.05) is 0 Å². The van der Waals surface area contributed by atoms with Crippen LogP contribution >= 0.6 is 0 Å². The summed E-state index contributed by atoms with van der Waals surface area (Å²) in [7, 11) is 3.77. The van der Waals surface area contributed by atoms with Crippen LogP contribution in [0.25, 0.3) is 0 Å². The first-order chi connectivity index (χ1) is 19.2. The lowest BCUT2D eigenvalue weighted by Gasteiger charge is -2.30. The van der Waals surface area contributed by atoms with E-state index in [1.54, 1.807) is 6.20 Å². The van der Waals surface area contributed by atoms with Crippen molar-refractivity contribution >= 4 is 23.6 Å². The maximum atomic E-state index is 13.0. The van der Waals surface area contributed by atoms with Gasteiger partial charge in [0.25, 0.3) is 0 Å². The van der Waals surface area contributed by atoms with Crippen LogP contribution in [-0.4, -0.2) is 59.3 Å². The zero-order chi connectivity index (χ0) is 32.0. The summed E-state index contributed by atoms with van der Waals surface area (Å²) in [5.41, 5.74) is -2.27. The Labute approximate surface area is 234 Å². The van der Waals surface area contributed by atoms with Crippen LogP contribution in [0.3, 0.4) is 0 Å². The van der Waals surface area contributed by atoms with E-state index >= 15 is 0 Å². The standard InChI is InChI=1S/C23H27F6N5O.C2HF3O2/c1-13-12-30-21(33-20(13)34(2)3)32-18-6-4-17(5-7-18)31-19(35)10-14-8-15(22(24,25)26)11-16(9-14)23(27,28)29;3-2(4,5)1(6)7/h8-9,11-12,17-18H,4-7,10H2,1-3H3,(H,31,35)(H,30,32,33);(H,6,7). The maximum absolute atomic E-state index is 13.0. The van der Waals surface area contributed by atoms with Crippen molar-refractivity contribution in [2.45, 2.75) is 69.6 Å². The average molecular weight is 618 g/mol. The van der Waals surface area contributed by atoms with Gasteiger partial charge in [0.2, 0.25) is 11.9 Å². The Hall–Kier alpha value is -3.79. The van der Waals surface area contributed by atoms with Gasteiger partial charge in [0.05, 0.1) is 17.5 Å². The SMILES string of the molecule is Cc1cnc(NC2CCC(NC(=O)Cc3cc(C(F)(F)F)cc(C(F)(F)F)c3)CC2)nc1N(C)C.O=C(O)C(F)(F)F. The van der Waals surface area contributed by atoms with Crippen molar-refractivity contribution < 1.29 is 54.2 Å². The smallest absolute Gasteiger partial charge is 0.475 e. The second-order valence-corrected chi connectivity index (χ2v) is 9.75. The molecule has 0 unspecified atom stereocenters. The topological polar surface area (TPSA) is 107 Å². The number of alkyl halides is 9. The number of benzene rings is 1. The molecular weight excluding hydrogens is 589 g/mol. The fraction of sp³-hybridized carbons (Fsp3) is 0.520. The van der Waals surface area contributed by atoms with E-state index in [0.717, 1.165) is 11.4 Å². The molecule has 1 saturated carbocycles. The largest absolute Gasteiger partial charge is 0.490 e. The first-order valence-corrected chi connectivity index (χ1v) is 12.3. The number of carbonyl (C=O) groups is 2. The van der Waals surface area contributed by atoms with Crippen molar-refractivity contribution in [1.29, 1.82) is 0 Å². The molecule has 0 saturated heterocycles. The van der Waals surface area contributed by atoms with Crippen LogP contribution in [0.5, 0.6) is 0 Å². The van der Waals surface area contributed by atoms with E-state index < -0.39 is 48.0 Å². The normalized spacial score (nSPS) is 17.5. The Bertz CT molecular complexity index is 1210. The van der Waals surface area contributed by atoms with Crippen LogP contribution in [0.15, 0.2) is 24.4 Å². The van der Waals surface area contributed by atoms with Crippen LogP contribution < -0.4 is 15.5 Å². The molecule has 3 rings (SSSR count). The van der Waals surface area contributed by atoms with E-state index in [2.05, 4.69) is 20.6 Å². The summed E-state index contributed by atoms with van der Waals surface area (Å²) >= 11 is 0. The summed E-state index contributed by atoms with van der Waals surface area (Å²) in [5, 5.41) is 13.1. The van der Waals surface area contributed by atoms with Gasteiger partial charge in [-0.25, -0.2) is 9.78 Å². The minimum Gasteiger partial charge on any atom is -0.475 e. The van der Waals surface area contributed by atoms with E-state index in [4.69, 9.17) is 9.90 Å². The molecule has 0 bridgehead atoms. The average Bonchev–Trinajstić information content (AvgIpc) is 2.84. The predicted molar refractivity (Wildman–Crippen MR) is 133 cm³/mol. The van der Waals surface area contributed by atoms with Gasteiger partial charge < -0.3 is 20.6 Å². The number of nitrogens with zero attached hydrogens (tertiary/aromatic N) is 3. The fourth-order valence-electron chi connectivity index (χ4n) is 4.11. The summed E-state index contributed by atoms with van der Waals surface area (Å²) < 4.78 is 110. The lowest BCUT2D eigenvalue weighted by molar-refractivity contribution is -0.192. The van der Waals surface area contributed by atoms with Gasteiger partial charge in [-0.15, -0.1) is 0 Å². The minimum absolute atomic E-state index is 0.0505. The van der Waals surface area contributed by atoms with Gasteiger partial charge in [-0.05, 0) is 56.4 Å². The molecular formula is C25H28F9N5O3. The third kappa shape index (κ3) is 10.6. The van der Waals surface area contributed by atoms with E-state index in [1.807, 2.05) is 25.9 Å². The Morgan fingerprint density at radius 2 is 1.38 bits per heavy atom. The van der Waals surface area contributed by atoms with Gasteiger partial charge in [-0.3, -0.25) is 4.79 Å². The molecule has 1 aliphatic carbocycles. The Kier molecular flexibility index (Phi) is 11.0. The van der Waals surface area contributed by atoms with Crippen molar-refractivity contribution in [3.63, 3.8) is 0 Å². The number of rotatable bonds is 6. The number of amides is 1. The molecule has 1 fully saturated rings. The highest BCUT2D eigenvalue weighted by atomic mass is 19.4. The molecule has 0 spiro atoms. The highest BCUT2D eigenvalue weighted by molar-refractivity contribution is 5.79. The summed E-state index contributed by atoms with van der Waals surface area (Å²) in [5.74, 6) is -2.08. The van der Waals surface area contributed by atoms with Crippen LogP contribution in [0, 0.1) is 6.92 Å². The quantitative estimate of drug-likeness (QED) is 0.362. The number of aromatic nitrogens is 2. The molecule has 1 aliphatic rings. The number of hydrogen-bond donors (Lipinski definition) is 3. The van der Waals surface area contributed by atoms with Crippen LogP contribution in [-0.2, 0) is 28.4 Å². The molecule has 1 heterocycles. The molecule has 1 amide bonds. The summed E-state index contributed by atoms with van der Waals surface area (Å²) in [6.07, 6.45) is -11.2. The van der Waals surface area contributed by atoms with Gasteiger partial charge in [-0.2, -0.15) is 44.5 Å². The number of aliphatic carboxylic acids is 1. The Morgan fingerprint density at radius 3 is 1.81 bits per heavy atom. The van der Waals surface area contributed by atoms with E-state index in [9.17, 15) is 44.3 Å². The third-order valence-electron chi connectivity index (χ3n) is 6.05. The van der Waals surface area contributed by atoms with Gasteiger partial charge in [0.1, 0.15) is 5.82 Å². The van der Waals surface area contributed by atoms with Crippen molar-refractivity contribution in [2.24, 2.45) is 0 Å². The Morgan fingerprint density at radius 1 is 0.905 bits per heavy atom. The van der Waals surface area contributed by atoms with Crippen LogP contribution in [0.4, 0.5) is 51.3 Å². The third-order valence-corrected chi connectivity index (χ3v) is 6.05. The molecule has 0 atom stereocenters. The van der Waals surface area contributed by atoms with Gasteiger partial charge >= 0.3 is 24.5 Å². The van der Waals surface area contributed by atoms with Crippen molar-refractivity contribution in [1.82, 2.24) is 15.3 Å². The van der Waals surface area contributed by atoms with Crippen molar-refractivity contribution in [3.8, 4) is 0 Å². The van der Waals surface area contributed by atoms with E-state index in [0.29, 0.717) is 43.8 Å². The van der Waals surface area contributed by atoms with E-state index in [-0.39, 0.29) is 23.7 Å². The summed E-state index contributed by atoms with van der Waals surface area (Å²) in [4.78, 5) is 32.0. The van der Waals surface area contributed by atoms with Crippen molar-refractivity contribution in [3.05, 3.63) is 46.6 Å². The first kappa shape index (κ1) is 34.4. The predicted octanol–water partition coefficient (Wildman–Crippen LogP) is 5.60. The number of hydrogen-bond acceptors (Lipinski definition) is 6. The number of anilines is 2. The number of carboxylic acid groups (broad SMARTS) is 1. The zero-order valence-corrected chi connectivity index (χ0v) is 22.5. The van der Waals surface area contributed by atoms with Gasteiger partial charge in [0.15, 0.2) is 0 Å². The minimum atomic E-state index is -5.08. The lowest BCUT2D eigenvalue weighted by atomic mass is 9.91. The number of halogens is 9. The molecule has 8 nitrogen and oxygen atoms in total. The highest BCUT2D eigenvalue weighted by Crippen LogP contribution is 2.36. The molecule has 1 aromatic heterocycles. The molecule has 0 aliphatic heterocycles. The molecule has 1 aromatic carbocycles. The van der Waals surface area contributed by atoms with Crippen molar-refractivity contribution in [2.75, 3.05) is 24.3 Å². The first-order valence-electron chi connectivity index (χ1n) is 12.3. The molecule has 17 heteroatoms. The summed E-state index contributed by atoms with van der Waals surface area (Å²) in [6.45, 7) is 1.91. The van der Waals surface area contributed by atoms with Crippen LogP contribution in [0.2, 0.25) is 0 Å². The molecule has 2 aromatic rings. The van der Waals surface area contributed by atoms with E-state index in [1.165, 1.54) is 0 Å².